The molecule has 1 N–H and O–H groups in total. The zero-order valence-corrected chi connectivity index (χ0v) is 21.6. The molecule has 0 aromatic heterocycles. The number of carbonyl (C=O) groups is 1. The van der Waals surface area contributed by atoms with E-state index in [-0.39, 0.29) is 36.0 Å². The molecule has 0 radical (unpaired) electrons. The van der Waals surface area contributed by atoms with Crippen LogP contribution >= 0.6 is 24.0 Å². The van der Waals surface area contributed by atoms with Gasteiger partial charge in [-0.3, -0.25) is 14.7 Å². The first-order chi connectivity index (χ1) is 15.3. The lowest BCUT2D eigenvalue weighted by molar-refractivity contribution is -0.142. The number of nitrogens with one attached hydrogen (secondary N) is 1. The minimum atomic E-state index is -0.222. The Morgan fingerprint density at radius 2 is 1.75 bits per heavy atom. The number of benzene rings is 1. The number of ether oxygens (including phenoxy) is 1. The number of guanidine groups is 1. The van der Waals surface area contributed by atoms with Crippen LogP contribution in [0.5, 0.6) is 0 Å². The molecule has 3 aliphatic heterocycles. The van der Waals surface area contributed by atoms with E-state index < -0.39 is 0 Å². The average molecular weight is 556 g/mol. The number of carbonyl (C=O) groups excluding carboxylic acids is 1. The molecule has 3 fully saturated rings. The van der Waals surface area contributed by atoms with Gasteiger partial charge in [0.05, 0.1) is 12.6 Å². The number of aliphatic imine (C=N–C) groups is 1. The number of hydrogen-bond acceptors (Lipinski definition) is 4. The normalized spacial score (nSPS) is 23.2. The third-order valence-corrected chi connectivity index (χ3v) is 6.61. The summed E-state index contributed by atoms with van der Waals surface area (Å²) in [5, 5.41) is 3.48. The SMILES string of the molecule is CCNC(=NCC(c1ccccc1)N1CCCC1)N1CCN(C(=O)C2CCCO2)CC1.I. The zero-order valence-electron chi connectivity index (χ0n) is 19.2. The Balaban J connectivity index is 0.00000289. The number of hydrogen-bond donors (Lipinski definition) is 1. The lowest BCUT2D eigenvalue weighted by Gasteiger charge is -2.37. The summed E-state index contributed by atoms with van der Waals surface area (Å²) in [5.41, 5.74) is 1.34. The van der Waals surface area contributed by atoms with Crippen LogP contribution in [0.1, 0.15) is 44.2 Å². The molecule has 1 amide bonds. The van der Waals surface area contributed by atoms with Gasteiger partial charge >= 0.3 is 0 Å². The van der Waals surface area contributed by atoms with E-state index in [1.807, 2.05) is 4.90 Å². The van der Waals surface area contributed by atoms with E-state index in [1.54, 1.807) is 0 Å². The second-order valence-corrected chi connectivity index (χ2v) is 8.68. The van der Waals surface area contributed by atoms with Crippen LogP contribution in [0.4, 0.5) is 0 Å². The highest BCUT2D eigenvalue weighted by atomic mass is 127. The van der Waals surface area contributed by atoms with Crippen molar-refractivity contribution < 1.29 is 9.53 Å². The molecule has 3 saturated heterocycles. The van der Waals surface area contributed by atoms with Crippen molar-refractivity contribution in [3.05, 3.63) is 35.9 Å². The fourth-order valence-electron chi connectivity index (χ4n) is 4.87. The molecule has 3 aliphatic rings. The number of amides is 1. The fourth-order valence-corrected chi connectivity index (χ4v) is 4.87. The molecule has 3 heterocycles. The number of nitrogens with zero attached hydrogens (tertiary/aromatic N) is 4. The van der Waals surface area contributed by atoms with Gasteiger partial charge in [-0.25, -0.2) is 0 Å². The first kappa shape index (κ1) is 25.2. The van der Waals surface area contributed by atoms with Crippen LogP contribution in [0.3, 0.4) is 0 Å². The van der Waals surface area contributed by atoms with Crippen molar-refractivity contribution in [1.29, 1.82) is 0 Å². The monoisotopic (exact) mass is 555 g/mol. The first-order valence-corrected chi connectivity index (χ1v) is 12.0. The van der Waals surface area contributed by atoms with Crippen LogP contribution in [0, 0.1) is 0 Å². The Morgan fingerprint density at radius 3 is 2.38 bits per heavy atom. The molecule has 4 rings (SSSR count). The van der Waals surface area contributed by atoms with E-state index >= 15 is 0 Å². The number of halogens is 1. The molecule has 1 aromatic carbocycles. The maximum absolute atomic E-state index is 12.7. The Hall–Kier alpha value is -1.39. The van der Waals surface area contributed by atoms with Crippen LogP contribution in [0.25, 0.3) is 0 Å². The van der Waals surface area contributed by atoms with Crippen molar-refractivity contribution >= 4 is 35.8 Å². The van der Waals surface area contributed by atoms with Gasteiger partial charge in [-0.15, -0.1) is 24.0 Å². The molecular formula is C24H38IN5O2. The van der Waals surface area contributed by atoms with Crippen molar-refractivity contribution in [2.75, 3.05) is 59.0 Å². The van der Waals surface area contributed by atoms with Crippen molar-refractivity contribution in [2.45, 2.75) is 44.8 Å². The molecule has 2 atom stereocenters. The van der Waals surface area contributed by atoms with Crippen molar-refractivity contribution in [1.82, 2.24) is 20.0 Å². The van der Waals surface area contributed by atoms with Crippen molar-refractivity contribution in [3.63, 3.8) is 0 Å². The molecule has 8 heteroatoms. The van der Waals surface area contributed by atoms with Gasteiger partial charge < -0.3 is 19.9 Å². The van der Waals surface area contributed by atoms with E-state index in [9.17, 15) is 4.79 Å². The smallest absolute Gasteiger partial charge is 0.251 e. The molecule has 0 spiro atoms. The summed E-state index contributed by atoms with van der Waals surface area (Å²) in [6.07, 6.45) is 4.18. The molecule has 32 heavy (non-hydrogen) atoms. The van der Waals surface area contributed by atoms with E-state index in [1.165, 1.54) is 18.4 Å². The molecule has 178 valence electrons. The zero-order chi connectivity index (χ0) is 21.5. The quantitative estimate of drug-likeness (QED) is 0.333. The third kappa shape index (κ3) is 6.35. The topological polar surface area (TPSA) is 60.4 Å². The molecule has 1 aromatic rings. The molecular weight excluding hydrogens is 517 g/mol. The second kappa shape index (κ2) is 12.7. The fraction of sp³-hybridized carbons (Fsp3) is 0.667. The molecule has 0 aliphatic carbocycles. The summed E-state index contributed by atoms with van der Waals surface area (Å²) in [5.74, 6) is 1.13. The number of piperazine rings is 1. The summed E-state index contributed by atoms with van der Waals surface area (Å²) in [7, 11) is 0. The van der Waals surface area contributed by atoms with E-state index in [0.29, 0.717) is 12.6 Å². The molecule has 7 nitrogen and oxygen atoms in total. The molecule has 0 saturated carbocycles. The highest BCUT2D eigenvalue weighted by Gasteiger charge is 2.31. The lowest BCUT2D eigenvalue weighted by atomic mass is 10.1. The van der Waals surface area contributed by atoms with Gasteiger partial charge in [0, 0.05) is 39.3 Å². The summed E-state index contributed by atoms with van der Waals surface area (Å²) in [4.78, 5) is 24.6. The van der Waals surface area contributed by atoms with Gasteiger partial charge in [-0.1, -0.05) is 30.3 Å². The largest absolute Gasteiger partial charge is 0.368 e. The average Bonchev–Trinajstić information content (AvgIpc) is 3.54. The summed E-state index contributed by atoms with van der Waals surface area (Å²) in [6.45, 7) is 9.80. The van der Waals surface area contributed by atoms with E-state index in [4.69, 9.17) is 9.73 Å². The van der Waals surface area contributed by atoms with E-state index in [2.05, 4.69) is 52.4 Å². The molecule has 2 unspecified atom stereocenters. The highest BCUT2D eigenvalue weighted by molar-refractivity contribution is 14.0. The van der Waals surface area contributed by atoms with Crippen molar-refractivity contribution in [3.8, 4) is 0 Å². The van der Waals surface area contributed by atoms with Gasteiger partial charge in [0.1, 0.15) is 6.10 Å². The van der Waals surface area contributed by atoms with Crippen LogP contribution < -0.4 is 5.32 Å². The Kier molecular flexibility index (Phi) is 10.1. The van der Waals surface area contributed by atoms with E-state index in [0.717, 1.165) is 71.2 Å². The molecule has 0 bridgehead atoms. The van der Waals surface area contributed by atoms with Crippen LogP contribution in [0.2, 0.25) is 0 Å². The predicted molar refractivity (Wildman–Crippen MR) is 139 cm³/mol. The first-order valence-electron chi connectivity index (χ1n) is 12.0. The Labute approximate surface area is 209 Å². The number of rotatable bonds is 6. The van der Waals surface area contributed by atoms with Gasteiger partial charge in [-0.2, -0.15) is 0 Å². The van der Waals surface area contributed by atoms with Gasteiger partial charge in [0.15, 0.2) is 5.96 Å². The minimum absolute atomic E-state index is 0. The standard InChI is InChI=1S/C24H37N5O2.HI/c1-2-25-24(29-16-14-28(15-17-29)23(30)22-11-8-18-31-22)26-19-21(27-12-6-7-13-27)20-9-4-3-5-10-20;/h3-5,9-10,21-22H,2,6-8,11-19H2,1H3,(H,25,26);1H. The second-order valence-electron chi connectivity index (χ2n) is 8.68. The van der Waals surface area contributed by atoms with Crippen LogP contribution in [0.15, 0.2) is 35.3 Å². The van der Waals surface area contributed by atoms with Crippen LogP contribution in [-0.4, -0.2) is 91.6 Å². The summed E-state index contributed by atoms with van der Waals surface area (Å²) < 4.78 is 5.59. The van der Waals surface area contributed by atoms with Gasteiger partial charge in [-0.05, 0) is 51.3 Å². The maximum Gasteiger partial charge on any atom is 0.251 e. The predicted octanol–water partition coefficient (Wildman–Crippen LogP) is 2.73. The number of likely N-dealkylation sites (tertiary alicyclic amines) is 1. The maximum atomic E-state index is 12.7. The Bertz CT molecular complexity index is 727. The van der Waals surface area contributed by atoms with Crippen LogP contribution in [-0.2, 0) is 9.53 Å². The Morgan fingerprint density at radius 1 is 1.06 bits per heavy atom. The van der Waals surface area contributed by atoms with Crippen molar-refractivity contribution in [2.24, 2.45) is 4.99 Å². The van der Waals surface area contributed by atoms with Gasteiger partial charge in [0.25, 0.3) is 5.91 Å². The highest BCUT2D eigenvalue weighted by Crippen LogP contribution is 2.25. The summed E-state index contributed by atoms with van der Waals surface area (Å²) >= 11 is 0. The summed E-state index contributed by atoms with van der Waals surface area (Å²) in [6, 6.07) is 11.1. The minimum Gasteiger partial charge on any atom is -0.368 e. The third-order valence-electron chi connectivity index (χ3n) is 6.61. The lowest BCUT2D eigenvalue weighted by Crippen LogP contribution is -2.55. The van der Waals surface area contributed by atoms with Gasteiger partial charge in [0.2, 0.25) is 0 Å².